The number of hydrogen-bond donors (Lipinski definition) is 1. The predicted molar refractivity (Wildman–Crippen MR) is 75.5 cm³/mol. The number of hydrogen-bond acceptors (Lipinski definition) is 2. The lowest BCUT2D eigenvalue weighted by molar-refractivity contribution is 0.536. The van der Waals surface area contributed by atoms with Gasteiger partial charge in [-0.05, 0) is 48.9 Å². The average molecular weight is 240 g/mol. The maximum Gasteiger partial charge on any atom is 0.0702 e. The van der Waals surface area contributed by atoms with E-state index in [-0.39, 0.29) is 0 Å². The Hall–Kier alpha value is -1.41. The smallest absolute Gasteiger partial charge is 0.0702 e. The summed E-state index contributed by atoms with van der Waals surface area (Å²) in [5.74, 6) is 0.632. The number of rotatable bonds is 1. The number of benzene rings is 1. The van der Waals surface area contributed by atoms with Crippen LogP contribution >= 0.6 is 0 Å². The van der Waals surface area contributed by atoms with E-state index in [1.165, 1.54) is 36.6 Å². The SMILES string of the molecule is NC1CCCCC(c2ccc3ncccc3c2)C1. The van der Waals surface area contributed by atoms with Crippen LogP contribution in [0.3, 0.4) is 0 Å². The molecule has 0 spiro atoms. The summed E-state index contributed by atoms with van der Waals surface area (Å²) in [6.45, 7) is 0. The van der Waals surface area contributed by atoms with Crippen molar-refractivity contribution in [1.29, 1.82) is 0 Å². The second-order valence-electron chi connectivity index (χ2n) is 5.43. The quantitative estimate of drug-likeness (QED) is 0.773. The molecule has 18 heavy (non-hydrogen) atoms. The molecule has 0 saturated heterocycles. The zero-order valence-electron chi connectivity index (χ0n) is 10.7. The van der Waals surface area contributed by atoms with Crippen LogP contribution < -0.4 is 5.73 Å². The van der Waals surface area contributed by atoms with Crippen LogP contribution in [0.25, 0.3) is 10.9 Å². The molecule has 2 N–H and O–H groups in total. The molecular weight excluding hydrogens is 220 g/mol. The van der Waals surface area contributed by atoms with Gasteiger partial charge in [0.1, 0.15) is 0 Å². The maximum atomic E-state index is 6.16. The van der Waals surface area contributed by atoms with Crippen molar-refractivity contribution in [3.63, 3.8) is 0 Å². The number of nitrogens with two attached hydrogens (primary N) is 1. The van der Waals surface area contributed by atoms with E-state index in [1.807, 2.05) is 12.3 Å². The summed E-state index contributed by atoms with van der Waals surface area (Å²) in [6.07, 6.45) is 8.04. The minimum atomic E-state index is 0.377. The Morgan fingerprint density at radius 2 is 2.00 bits per heavy atom. The zero-order chi connectivity index (χ0) is 12.4. The fraction of sp³-hybridized carbons (Fsp3) is 0.438. The van der Waals surface area contributed by atoms with Gasteiger partial charge in [0.15, 0.2) is 0 Å². The fourth-order valence-corrected chi connectivity index (χ4v) is 3.05. The number of aromatic nitrogens is 1. The van der Waals surface area contributed by atoms with Gasteiger partial charge in [0, 0.05) is 17.6 Å². The van der Waals surface area contributed by atoms with Crippen molar-refractivity contribution in [2.45, 2.75) is 44.1 Å². The standard InChI is InChI=1S/C16H20N2/c17-15-6-2-1-4-12(11-15)13-7-8-16-14(10-13)5-3-9-18-16/h3,5,7-10,12,15H,1-2,4,6,11,17H2. The summed E-state index contributed by atoms with van der Waals surface area (Å²) in [5.41, 5.74) is 8.68. The summed E-state index contributed by atoms with van der Waals surface area (Å²) >= 11 is 0. The van der Waals surface area contributed by atoms with Gasteiger partial charge >= 0.3 is 0 Å². The lowest BCUT2D eigenvalue weighted by Gasteiger charge is -2.17. The topological polar surface area (TPSA) is 38.9 Å². The molecule has 0 aliphatic heterocycles. The Morgan fingerprint density at radius 1 is 1.11 bits per heavy atom. The molecular formula is C16H20N2. The number of nitrogens with zero attached hydrogens (tertiary/aromatic N) is 1. The highest BCUT2D eigenvalue weighted by molar-refractivity contribution is 5.79. The third kappa shape index (κ3) is 2.39. The van der Waals surface area contributed by atoms with Gasteiger partial charge in [0.25, 0.3) is 0 Å². The second-order valence-corrected chi connectivity index (χ2v) is 5.43. The van der Waals surface area contributed by atoms with E-state index in [9.17, 15) is 0 Å². The minimum absolute atomic E-state index is 0.377. The van der Waals surface area contributed by atoms with Gasteiger partial charge in [-0.15, -0.1) is 0 Å². The van der Waals surface area contributed by atoms with Crippen LogP contribution in [0, 0.1) is 0 Å². The van der Waals surface area contributed by atoms with E-state index in [0.717, 1.165) is 11.9 Å². The van der Waals surface area contributed by atoms with E-state index >= 15 is 0 Å². The van der Waals surface area contributed by atoms with Gasteiger partial charge in [-0.1, -0.05) is 25.0 Å². The molecule has 2 atom stereocenters. The number of fused-ring (bicyclic) bond motifs is 1. The van der Waals surface area contributed by atoms with Crippen LogP contribution in [-0.2, 0) is 0 Å². The Labute approximate surface area is 108 Å². The molecule has 1 aromatic heterocycles. The third-order valence-corrected chi connectivity index (χ3v) is 4.06. The first-order valence-electron chi connectivity index (χ1n) is 6.93. The van der Waals surface area contributed by atoms with E-state index in [4.69, 9.17) is 5.73 Å². The molecule has 1 fully saturated rings. The van der Waals surface area contributed by atoms with Gasteiger partial charge in [0.05, 0.1) is 5.52 Å². The highest BCUT2D eigenvalue weighted by Gasteiger charge is 2.19. The summed E-state index contributed by atoms with van der Waals surface area (Å²) in [4.78, 5) is 4.38. The van der Waals surface area contributed by atoms with Crippen LogP contribution in [0.15, 0.2) is 36.5 Å². The first-order valence-corrected chi connectivity index (χ1v) is 6.93. The molecule has 94 valence electrons. The minimum Gasteiger partial charge on any atom is -0.328 e. The Balaban J connectivity index is 1.92. The number of pyridine rings is 1. The van der Waals surface area contributed by atoms with Crippen molar-refractivity contribution in [2.75, 3.05) is 0 Å². The van der Waals surface area contributed by atoms with E-state index in [0.29, 0.717) is 12.0 Å². The molecule has 3 rings (SSSR count). The van der Waals surface area contributed by atoms with Gasteiger partial charge in [0.2, 0.25) is 0 Å². The summed E-state index contributed by atoms with van der Waals surface area (Å²) in [5, 5.41) is 1.24. The van der Waals surface area contributed by atoms with E-state index in [1.54, 1.807) is 0 Å². The highest BCUT2D eigenvalue weighted by atomic mass is 14.6. The molecule has 2 nitrogen and oxygen atoms in total. The average Bonchev–Trinajstić information content (AvgIpc) is 2.63. The second kappa shape index (κ2) is 5.07. The van der Waals surface area contributed by atoms with Crippen LogP contribution in [0.1, 0.15) is 43.6 Å². The van der Waals surface area contributed by atoms with Crippen LogP contribution in [-0.4, -0.2) is 11.0 Å². The first kappa shape index (κ1) is 11.7. The largest absolute Gasteiger partial charge is 0.328 e. The highest BCUT2D eigenvalue weighted by Crippen LogP contribution is 2.32. The molecule has 1 aliphatic carbocycles. The fourth-order valence-electron chi connectivity index (χ4n) is 3.05. The monoisotopic (exact) mass is 240 g/mol. The first-order chi connectivity index (χ1) is 8.83. The van der Waals surface area contributed by atoms with Gasteiger partial charge in [-0.25, -0.2) is 0 Å². The summed E-state index contributed by atoms with van der Waals surface area (Å²) < 4.78 is 0. The van der Waals surface area contributed by atoms with Crippen LogP contribution in [0.5, 0.6) is 0 Å². The lowest BCUT2D eigenvalue weighted by atomic mass is 9.90. The molecule has 0 radical (unpaired) electrons. The Kier molecular flexibility index (Phi) is 3.28. The van der Waals surface area contributed by atoms with Gasteiger partial charge in [-0.2, -0.15) is 0 Å². The van der Waals surface area contributed by atoms with Crippen LogP contribution in [0.4, 0.5) is 0 Å². The molecule has 2 aromatic rings. The van der Waals surface area contributed by atoms with Crippen molar-refractivity contribution in [1.82, 2.24) is 4.98 Å². The molecule has 1 aliphatic rings. The molecule has 2 unspecified atom stereocenters. The molecule has 1 aromatic carbocycles. The Morgan fingerprint density at radius 3 is 2.94 bits per heavy atom. The molecule has 0 bridgehead atoms. The van der Waals surface area contributed by atoms with Crippen molar-refractivity contribution in [2.24, 2.45) is 5.73 Å². The zero-order valence-corrected chi connectivity index (χ0v) is 10.7. The van der Waals surface area contributed by atoms with Crippen molar-refractivity contribution in [3.8, 4) is 0 Å². The van der Waals surface area contributed by atoms with Crippen LogP contribution in [0.2, 0.25) is 0 Å². The Bertz CT molecular complexity index is 535. The third-order valence-electron chi connectivity index (χ3n) is 4.06. The molecule has 0 amide bonds. The maximum absolute atomic E-state index is 6.16. The lowest BCUT2D eigenvalue weighted by Crippen LogP contribution is -2.20. The molecule has 1 saturated carbocycles. The molecule has 1 heterocycles. The van der Waals surface area contributed by atoms with E-state index in [2.05, 4.69) is 29.2 Å². The van der Waals surface area contributed by atoms with Crippen molar-refractivity contribution in [3.05, 3.63) is 42.1 Å². The van der Waals surface area contributed by atoms with Gasteiger partial charge in [-0.3, -0.25) is 4.98 Å². The predicted octanol–water partition coefficient (Wildman–Crippen LogP) is 3.61. The van der Waals surface area contributed by atoms with Gasteiger partial charge < -0.3 is 5.73 Å². The summed E-state index contributed by atoms with van der Waals surface area (Å²) in [7, 11) is 0. The summed E-state index contributed by atoms with van der Waals surface area (Å²) in [6, 6.07) is 11.2. The van der Waals surface area contributed by atoms with Crippen molar-refractivity contribution < 1.29 is 0 Å². The van der Waals surface area contributed by atoms with Crippen molar-refractivity contribution >= 4 is 10.9 Å². The normalized spacial score (nSPS) is 24.9. The molecule has 2 heteroatoms. The van der Waals surface area contributed by atoms with E-state index < -0.39 is 0 Å².